The summed E-state index contributed by atoms with van der Waals surface area (Å²) in [6.07, 6.45) is -1.07. The van der Waals surface area contributed by atoms with Crippen LogP contribution in [0.15, 0.2) is 80.4 Å². The summed E-state index contributed by atoms with van der Waals surface area (Å²) in [6, 6.07) is 19.1. The molecule has 8 aromatic rings. The minimum Gasteiger partial charge on any atom is -0.443 e. The number of hydrogen-bond donors (Lipinski definition) is 4. The van der Waals surface area contributed by atoms with Gasteiger partial charge < -0.3 is 24.5 Å². The van der Waals surface area contributed by atoms with E-state index >= 15 is 0 Å². The summed E-state index contributed by atoms with van der Waals surface area (Å²) in [5, 5.41) is 36.4. The number of carbonyl (C=O) groups excluding carboxylic acids is 2. The van der Waals surface area contributed by atoms with E-state index in [2.05, 4.69) is 104 Å². The largest absolute Gasteiger partial charge is 0.506 e. The summed E-state index contributed by atoms with van der Waals surface area (Å²) < 4.78 is 18.0. The van der Waals surface area contributed by atoms with E-state index in [4.69, 9.17) is 9.47 Å². The second-order valence-corrected chi connectivity index (χ2v) is 18.6. The summed E-state index contributed by atoms with van der Waals surface area (Å²) >= 11 is 12.2. The number of aromatic nitrogens is 6. The first kappa shape index (κ1) is 40.1. The number of carbonyl (C=O) groups is 2. The summed E-state index contributed by atoms with van der Waals surface area (Å²) in [4.78, 5) is 27.5. The van der Waals surface area contributed by atoms with E-state index < -0.39 is 30.5 Å². The van der Waals surface area contributed by atoms with Crippen LogP contribution in [0, 0.1) is 3.70 Å². The SMILES string of the molecule is Brc1ccc2[nH]c(-c3n[nH]c4ccsc34)cc2c1.CC(C)(C)OC(=O)n1c(B(O)O)cc2cc(Br)ccc21.CC(C)(C)OC(=O)n1nc(I)c2sccc21. The number of halogens is 3. The molecule has 18 heteroatoms. The van der Waals surface area contributed by atoms with E-state index in [1.807, 2.05) is 38.3 Å². The minimum atomic E-state index is -1.76. The van der Waals surface area contributed by atoms with Gasteiger partial charge in [-0.25, -0.2) is 9.59 Å². The maximum absolute atomic E-state index is 12.3. The molecule has 8 rings (SSSR count). The monoisotopic (exact) mass is 1010 g/mol. The zero-order valence-electron chi connectivity index (χ0n) is 29.8. The number of nitrogens with one attached hydrogen (secondary N) is 2. The maximum atomic E-state index is 12.3. The van der Waals surface area contributed by atoms with Crippen LogP contribution < -0.4 is 5.59 Å². The summed E-state index contributed by atoms with van der Waals surface area (Å²) in [7, 11) is -1.76. The van der Waals surface area contributed by atoms with Crippen molar-refractivity contribution in [2.45, 2.75) is 52.7 Å². The first-order valence-corrected chi connectivity index (χ1v) is 20.8. The van der Waals surface area contributed by atoms with Gasteiger partial charge in [0.05, 0.1) is 37.2 Å². The van der Waals surface area contributed by atoms with Crippen LogP contribution in [0.2, 0.25) is 0 Å². The highest BCUT2D eigenvalue weighted by molar-refractivity contribution is 14.1. The molecule has 0 aliphatic carbocycles. The fraction of sp³-hybridized carbons (Fsp3) is 0.222. The van der Waals surface area contributed by atoms with Crippen molar-refractivity contribution in [1.29, 1.82) is 0 Å². The number of nitrogens with zero attached hydrogens (tertiary/aromatic N) is 4. The fourth-order valence-corrected chi connectivity index (χ4v) is 8.55. The normalized spacial score (nSPS) is 11.8. The van der Waals surface area contributed by atoms with Crippen LogP contribution in [0.25, 0.3) is 53.6 Å². The molecule has 4 N–H and O–H groups in total. The van der Waals surface area contributed by atoms with Gasteiger partial charge >= 0.3 is 19.3 Å². The first-order chi connectivity index (χ1) is 25.4. The van der Waals surface area contributed by atoms with Crippen molar-refractivity contribution in [2.75, 3.05) is 0 Å². The lowest BCUT2D eigenvalue weighted by Crippen LogP contribution is -2.40. The van der Waals surface area contributed by atoms with Gasteiger partial charge in [0.15, 0.2) is 0 Å². The molecule has 280 valence electrons. The summed E-state index contributed by atoms with van der Waals surface area (Å²) in [6.45, 7) is 10.8. The van der Waals surface area contributed by atoms with Crippen molar-refractivity contribution >= 4 is 144 Å². The van der Waals surface area contributed by atoms with E-state index in [1.54, 1.807) is 67.7 Å². The van der Waals surface area contributed by atoms with Crippen molar-refractivity contribution in [3.05, 3.63) is 84.1 Å². The Morgan fingerprint density at radius 2 is 1.43 bits per heavy atom. The molecule has 0 amide bonds. The molecule has 0 atom stereocenters. The highest BCUT2D eigenvalue weighted by atomic mass is 127. The molecule has 0 aliphatic heterocycles. The van der Waals surface area contributed by atoms with E-state index in [0.717, 1.165) is 45.3 Å². The van der Waals surface area contributed by atoms with E-state index in [1.165, 1.54) is 19.3 Å². The second-order valence-electron chi connectivity index (χ2n) is 13.9. The van der Waals surface area contributed by atoms with Crippen molar-refractivity contribution < 1.29 is 29.1 Å². The number of aromatic amines is 2. The van der Waals surface area contributed by atoms with Crippen LogP contribution in [-0.4, -0.2) is 70.1 Å². The number of benzene rings is 2. The third-order valence-corrected chi connectivity index (χ3v) is 11.4. The van der Waals surface area contributed by atoms with E-state index in [9.17, 15) is 19.6 Å². The Balaban J connectivity index is 0.000000139. The molecule has 0 radical (unpaired) electrons. The molecule has 0 saturated heterocycles. The predicted molar refractivity (Wildman–Crippen MR) is 232 cm³/mol. The van der Waals surface area contributed by atoms with Crippen LogP contribution in [-0.2, 0) is 9.47 Å². The van der Waals surface area contributed by atoms with Crippen LogP contribution >= 0.6 is 77.1 Å². The first-order valence-electron chi connectivity index (χ1n) is 16.3. The van der Waals surface area contributed by atoms with Crippen molar-refractivity contribution in [3.8, 4) is 11.4 Å². The zero-order chi connectivity index (χ0) is 39.1. The number of hydrogen-bond acceptors (Lipinski definition) is 10. The number of H-pyrrole nitrogens is 2. The van der Waals surface area contributed by atoms with Gasteiger partial charge in [-0.3, -0.25) is 9.67 Å². The number of ether oxygens (including phenoxy) is 2. The van der Waals surface area contributed by atoms with Gasteiger partial charge in [0, 0.05) is 25.2 Å². The summed E-state index contributed by atoms with van der Waals surface area (Å²) in [5.41, 5.74) is 4.54. The second kappa shape index (κ2) is 15.9. The Bertz CT molecular complexity index is 2630. The average Bonchev–Trinajstić information content (AvgIpc) is 3.90. The Hall–Kier alpha value is -3.53. The Labute approximate surface area is 348 Å². The van der Waals surface area contributed by atoms with Crippen molar-refractivity contribution in [2.24, 2.45) is 0 Å². The third-order valence-electron chi connectivity index (χ3n) is 7.45. The van der Waals surface area contributed by atoms with Crippen LogP contribution in [0.1, 0.15) is 41.5 Å². The lowest BCUT2D eigenvalue weighted by molar-refractivity contribution is 0.0518. The predicted octanol–water partition coefficient (Wildman–Crippen LogP) is 9.89. The quantitative estimate of drug-likeness (QED) is 0.0984. The highest BCUT2D eigenvalue weighted by Crippen LogP contribution is 2.32. The zero-order valence-corrected chi connectivity index (χ0v) is 36.7. The molecule has 0 spiro atoms. The van der Waals surface area contributed by atoms with E-state index in [-0.39, 0.29) is 5.59 Å². The van der Waals surface area contributed by atoms with E-state index in [0.29, 0.717) is 10.9 Å². The minimum absolute atomic E-state index is 0.0763. The van der Waals surface area contributed by atoms with Gasteiger partial charge in [-0.05, 0) is 136 Å². The number of thiophene rings is 2. The number of fused-ring (bicyclic) bond motifs is 4. The lowest BCUT2D eigenvalue weighted by atomic mass is 9.86. The molecular formula is C36H34BBr2IN6O6S2. The molecule has 0 fully saturated rings. The van der Waals surface area contributed by atoms with Crippen LogP contribution in [0.3, 0.4) is 0 Å². The Kier molecular flexibility index (Phi) is 11.8. The lowest BCUT2D eigenvalue weighted by Gasteiger charge is -2.20. The Morgan fingerprint density at radius 1 is 0.796 bits per heavy atom. The van der Waals surface area contributed by atoms with Crippen LogP contribution in [0.4, 0.5) is 9.59 Å². The molecule has 0 unspecified atom stereocenters. The smallest absolute Gasteiger partial charge is 0.443 e. The molecule has 6 aromatic heterocycles. The van der Waals surface area contributed by atoms with Crippen molar-refractivity contribution in [1.82, 2.24) is 29.5 Å². The van der Waals surface area contributed by atoms with Gasteiger partial charge in [-0.2, -0.15) is 14.9 Å². The molecule has 0 aliphatic rings. The highest BCUT2D eigenvalue weighted by Gasteiger charge is 2.27. The standard InChI is InChI=1S/C13H15BBrNO4.C13H8BrN3S.C10H11IN2O2S/c1-13(2,3)20-12(17)16-10-5-4-9(15)6-8(10)7-11(16)14(18)19;14-8-1-2-9-7(5-8)6-11(15-9)12-13-10(16-17-12)3-4-18-13;1-10(2,3)15-9(14)13-6-4-5-16-7(6)8(11)12-13/h4-7,18-19H,1-3H3;1-6,15H,(H,16,17);4-5H,1-3H3. The molecule has 12 nitrogen and oxygen atoms in total. The molecule has 0 bridgehead atoms. The molecule has 54 heavy (non-hydrogen) atoms. The Morgan fingerprint density at radius 3 is 2.11 bits per heavy atom. The fourth-order valence-electron chi connectivity index (χ4n) is 5.33. The molecule has 2 aromatic carbocycles. The summed E-state index contributed by atoms with van der Waals surface area (Å²) in [5.74, 6) is 0. The average molecular weight is 1010 g/mol. The topological polar surface area (TPSA) is 160 Å². The van der Waals surface area contributed by atoms with Gasteiger partial charge in [-0.15, -0.1) is 22.7 Å². The molecule has 0 saturated carbocycles. The maximum Gasteiger partial charge on any atom is 0.506 e. The third kappa shape index (κ3) is 9.12. The van der Waals surface area contributed by atoms with Crippen LogP contribution in [0.5, 0.6) is 0 Å². The van der Waals surface area contributed by atoms with Gasteiger partial charge in [0.1, 0.15) is 20.6 Å². The molecule has 6 heterocycles. The van der Waals surface area contributed by atoms with Gasteiger partial charge in [0.2, 0.25) is 0 Å². The number of rotatable bonds is 2. The molecular weight excluding hydrogens is 974 g/mol. The van der Waals surface area contributed by atoms with Gasteiger partial charge in [0.25, 0.3) is 0 Å². The van der Waals surface area contributed by atoms with Crippen molar-refractivity contribution in [3.63, 3.8) is 0 Å². The van der Waals surface area contributed by atoms with Gasteiger partial charge in [-0.1, -0.05) is 31.9 Å².